The standard InChI is InChI=1S/C13H16ClFN2O2S/c14-11-2-1-3-12(13(11)15)20(18,19)17-9-4-5-10(17)7-8(16)6-9/h1-3,8-10H,4-7,16H2. The van der Waals surface area contributed by atoms with Gasteiger partial charge in [-0.05, 0) is 37.8 Å². The maximum Gasteiger partial charge on any atom is 0.246 e. The molecule has 0 saturated carbocycles. The van der Waals surface area contributed by atoms with Crippen molar-refractivity contribution in [1.29, 1.82) is 0 Å². The van der Waals surface area contributed by atoms with Gasteiger partial charge in [0.05, 0.1) is 5.02 Å². The minimum Gasteiger partial charge on any atom is -0.328 e. The fraction of sp³-hybridized carbons (Fsp3) is 0.538. The third-order valence-corrected chi connectivity index (χ3v) is 6.49. The molecule has 2 aliphatic heterocycles. The molecule has 2 N–H and O–H groups in total. The van der Waals surface area contributed by atoms with Crippen LogP contribution in [0.5, 0.6) is 0 Å². The van der Waals surface area contributed by atoms with Crippen LogP contribution in [-0.2, 0) is 10.0 Å². The lowest BCUT2D eigenvalue weighted by Gasteiger charge is -2.36. The van der Waals surface area contributed by atoms with Crippen LogP contribution in [0, 0.1) is 5.82 Å². The van der Waals surface area contributed by atoms with Crippen molar-refractivity contribution in [3.63, 3.8) is 0 Å². The largest absolute Gasteiger partial charge is 0.328 e. The van der Waals surface area contributed by atoms with Crippen LogP contribution in [0.2, 0.25) is 5.02 Å². The zero-order valence-corrected chi connectivity index (χ0v) is 12.4. The SMILES string of the molecule is NC1CC2CCC(C1)N2S(=O)(=O)c1cccc(Cl)c1F. The van der Waals surface area contributed by atoms with E-state index in [0.29, 0.717) is 12.8 Å². The molecule has 20 heavy (non-hydrogen) atoms. The van der Waals surface area contributed by atoms with Gasteiger partial charge in [0.1, 0.15) is 4.90 Å². The molecular formula is C13H16ClFN2O2S. The molecule has 3 rings (SSSR count). The molecule has 2 bridgehead atoms. The maximum atomic E-state index is 14.0. The van der Waals surface area contributed by atoms with E-state index >= 15 is 0 Å². The fourth-order valence-electron chi connectivity index (χ4n) is 3.37. The van der Waals surface area contributed by atoms with E-state index in [0.717, 1.165) is 12.8 Å². The Morgan fingerprint density at radius 3 is 2.45 bits per heavy atom. The molecule has 0 aliphatic carbocycles. The molecule has 2 heterocycles. The minimum absolute atomic E-state index is 0.0307. The second kappa shape index (κ2) is 4.94. The number of piperidine rings is 1. The Balaban J connectivity index is 2.03. The molecule has 2 saturated heterocycles. The van der Waals surface area contributed by atoms with Gasteiger partial charge in [-0.1, -0.05) is 17.7 Å². The van der Waals surface area contributed by atoms with Crippen molar-refractivity contribution in [2.75, 3.05) is 0 Å². The van der Waals surface area contributed by atoms with Crippen LogP contribution < -0.4 is 5.73 Å². The Morgan fingerprint density at radius 1 is 1.25 bits per heavy atom. The van der Waals surface area contributed by atoms with E-state index < -0.39 is 15.8 Å². The third-order valence-electron chi connectivity index (χ3n) is 4.17. The van der Waals surface area contributed by atoms with Gasteiger partial charge < -0.3 is 5.73 Å². The first kappa shape index (κ1) is 14.3. The van der Waals surface area contributed by atoms with E-state index in [4.69, 9.17) is 17.3 Å². The van der Waals surface area contributed by atoms with Crippen LogP contribution in [0.25, 0.3) is 0 Å². The molecule has 2 aliphatic rings. The summed E-state index contributed by atoms with van der Waals surface area (Å²) < 4.78 is 40.9. The smallest absolute Gasteiger partial charge is 0.246 e. The number of nitrogens with two attached hydrogens (primary N) is 1. The first-order valence-electron chi connectivity index (χ1n) is 6.64. The van der Waals surface area contributed by atoms with E-state index in [2.05, 4.69) is 0 Å². The predicted molar refractivity (Wildman–Crippen MR) is 74.5 cm³/mol. The number of hydrogen-bond acceptors (Lipinski definition) is 3. The lowest BCUT2D eigenvalue weighted by Crippen LogP contribution is -2.50. The summed E-state index contributed by atoms with van der Waals surface area (Å²) in [5.41, 5.74) is 5.94. The number of halogens is 2. The Labute approximate surface area is 122 Å². The predicted octanol–water partition coefficient (Wildman–Crippen LogP) is 2.12. The number of rotatable bonds is 2. The van der Waals surface area contributed by atoms with Gasteiger partial charge in [-0.2, -0.15) is 4.31 Å². The Kier molecular flexibility index (Phi) is 3.52. The van der Waals surface area contributed by atoms with E-state index in [1.54, 1.807) is 0 Å². The fourth-order valence-corrected chi connectivity index (χ4v) is 5.58. The average molecular weight is 319 g/mol. The molecular weight excluding hydrogens is 303 g/mol. The van der Waals surface area contributed by atoms with Crippen LogP contribution in [-0.4, -0.2) is 30.8 Å². The summed E-state index contributed by atoms with van der Waals surface area (Å²) in [6.07, 6.45) is 2.86. The van der Waals surface area contributed by atoms with Crippen LogP contribution in [0.4, 0.5) is 4.39 Å². The molecule has 2 unspecified atom stereocenters. The molecule has 1 aromatic carbocycles. The molecule has 2 atom stereocenters. The third kappa shape index (κ3) is 2.15. The van der Waals surface area contributed by atoms with Gasteiger partial charge in [0, 0.05) is 18.1 Å². The highest BCUT2D eigenvalue weighted by Gasteiger charge is 2.47. The van der Waals surface area contributed by atoms with Crippen molar-refractivity contribution >= 4 is 21.6 Å². The molecule has 0 spiro atoms. The van der Waals surface area contributed by atoms with Crippen molar-refractivity contribution in [1.82, 2.24) is 4.31 Å². The molecule has 110 valence electrons. The van der Waals surface area contributed by atoms with Crippen LogP contribution in [0.3, 0.4) is 0 Å². The first-order valence-corrected chi connectivity index (χ1v) is 8.46. The number of fused-ring (bicyclic) bond motifs is 2. The highest BCUT2D eigenvalue weighted by atomic mass is 35.5. The molecule has 0 radical (unpaired) electrons. The highest BCUT2D eigenvalue weighted by Crippen LogP contribution is 2.40. The summed E-state index contributed by atoms with van der Waals surface area (Å²) in [5, 5.41) is -0.174. The summed E-state index contributed by atoms with van der Waals surface area (Å²) >= 11 is 5.69. The summed E-state index contributed by atoms with van der Waals surface area (Å²) in [4.78, 5) is -0.336. The zero-order chi connectivity index (χ0) is 14.5. The maximum absolute atomic E-state index is 14.0. The van der Waals surface area contributed by atoms with Crippen molar-refractivity contribution in [3.05, 3.63) is 29.0 Å². The quantitative estimate of drug-likeness (QED) is 0.908. The van der Waals surface area contributed by atoms with E-state index in [-0.39, 0.29) is 28.0 Å². The summed E-state index contributed by atoms with van der Waals surface area (Å²) in [6.45, 7) is 0. The second-order valence-corrected chi connectivity index (χ2v) is 7.72. The first-order chi connectivity index (χ1) is 9.41. The van der Waals surface area contributed by atoms with Gasteiger partial charge in [0.25, 0.3) is 0 Å². The normalized spacial score (nSPS) is 30.6. The van der Waals surface area contributed by atoms with Crippen LogP contribution >= 0.6 is 11.6 Å². The molecule has 7 heteroatoms. The van der Waals surface area contributed by atoms with Crippen molar-refractivity contribution < 1.29 is 12.8 Å². The second-order valence-electron chi connectivity index (χ2n) is 5.50. The topological polar surface area (TPSA) is 63.4 Å². The molecule has 2 fully saturated rings. The van der Waals surface area contributed by atoms with Gasteiger partial charge in [-0.3, -0.25) is 0 Å². The van der Waals surface area contributed by atoms with Gasteiger partial charge in [0.2, 0.25) is 10.0 Å². The van der Waals surface area contributed by atoms with Crippen molar-refractivity contribution in [2.24, 2.45) is 5.73 Å². The number of nitrogens with zero attached hydrogens (tertiary/aromatic N) is 1. The number of benzene rings is 1. The number of hydrogen-bond donors (Lipinski definition) is 1. The monoisotopic (exact) mass is 318 g/mol. The molecule has 0 amide bonds. The van der Waals surface area contributed by atoms with Crippen LogP contribution in [0.1, 0.15) is 25.7 Å². The van der Waals surface area contributed by atoms with Gasteiger partial charge in [0.15, 0.2) is 5.82 Å². The minimum atomic E-state index is -3.86. The Bertz CT molecular complexity index is 623. The van der Waals surface area contributed by atoms with Gasteiger partial charge >= 0.3 is 0 Å². The average Bonchev–Trinajstić information content (AvgIpc) is 2.66. The lowest BCUT2D eigenvalue weighted by atomic mass is 10.0. The van der Waals surface area contributed by atoms with E-state index in [1.165, 1.54) is 22.5 Å². The van der Waals surface area contributed by atoms with E-state index in [1.807, 2.05) is 0 Å². The molecule has 4 nitrogen and oxygen atoms in total. The Hall–Kier alpha value is -0.690. The van der Waals surface area contributed by atoms with Crippen LogP contribution in [0.15, 0.2) is 23.1 Å². The Morgan fingerprint density at radius 2 is 1.85 bits per heavy atom. The molecule has 0 aromatic heterocycles. The van der Waals surface area contributed by atoms with Gasteiger partial charge in [-0.25, -0.2) is 12.8 Å². The number of sulfonamides is 1. The van der Waals surface area contributed by atoms with Gasteiger partial charge in [-0.15, -0.1) is 0 Å². The highest BCUT2D eigenvalue weighted by molar-refractivity contribution is 7.89. The lowest BCUT2D eigenvalue weighted by molar-refractivity contribution is 0.226. The van der Waals surface area contributed by atoms with E-state index in [9.17, 15) is 12.8 Å². The van der Waals surface area contributed by atoms with Crippen molar-refractivity contribution in [3.8, 4) is 0 Å². The molecule has 1 aromatic rings. The summed E-state index contributed by atoms with van der Waals surface area (Å²) in [6, 6.07) is 3.86. The summed E-state index contributed by atoms with van der Waals surface area (Å²) in [7, 11) is -3.86. The summed E-state index contributed by atoms with van der Waals surface area (Å²) in [5.74, 6) is -0.872. The zero-order valence-electron chi connectivity index (χ0n) is 10.8. The van der Waals surface area contributed by atoms with Crippen molar-refractivity contribution in [2.45, 2.75) is 48.7 Å².